The smallest absolute Gasteiger partial charge is 0.157 e. The summed E-state index contributed by atoms with van der Waals surface area (Å²) < 4.78 is 11.1. The van der Waals surface area contributed by atoms with Gasteiger partial charge in [0.05, 0.1) is 25.1 Å². The zero-order chi connectivity index (χ0) is 9.10. The largest absolute Gasteiger partial charge is 0.487 e. The highest BCUT2D eigenvalue weighted by atomic mass is 16.5. The summed E-state index contributed by atoms with van der Waals surface area (Å²) in [6.07, 6.45) is 5.98. The number of aromatic nitrogens is 2. The molecule has 1 fully saturated rings. The number of nitrogens with one attached hydrogen (secondary N) is 1. The van der Waals surface area contributed by atoms with Crippen molar-refractivity contribution in [1.29, 1.82) is 0 Å². The molecule has 1 aromatic rings. The molecule has 1 saturated heterocycles. The minimum Gasteiger partial charge on any atom is -0.487 e. The minimum absolute atomic E-state index is 0.279. The van der Waals surface area contributed by atoms with Gasteiger partial charge in [-0.3, -0.25) is 5.10 Å². The summed E-state index contributed by atoms with van der Waals surface area (Å²) in [5.74, 6) is 0.819. The number of ether oxygens (including phenoxy) is 2. The van der Waals surface area contributed by atoms with Crippen molar-refractivity contribution >= 4 is 0 Å². The average Bonchev–Trinajstić information content (AvgIpc) is 2.57. The molecular weight excluding hydrogens is 168 g/mol. The van der Waals surface area contributed by atoms with E-state index in [1.807, 2.05) is 0 Å². The molecule has 0 aromatic carbocycles. The van der Waals surface area contributed by atoms with Crippen LogP contribution in [0.15, 0.2) is 12.4 Å². The summed E-state index contributed by atoms with van der Waals surface area (Å²) in [6, 6.07) is 0. The Morgan fingerprint density at radius 1 is 1.69 bits per heavy atom. The SMILES string of the molecule is CC1CC(Oc2cn[nH]c2)CCO1. The predicted molar refractivity (Wildman–Crippen MR) is 47.7 cm³/mol. The van der Waals surface area contributed by atoms with Gasteiger partial charge in [-0.2, -0.15) is 5.10 Å². The molecule has 0 spiro atoms. The maximum absolute atomic E-state index is 5.69. The van der Waals surface area contributed by atoms with E-state index in [0.29, 0.717) is 6.10 Å². The van der Waals surface area contributed by atoms with Crippen LogP contribution < -0.4 is 4.74 Å². The van der Waals surface area contributed by atoms with Gasteiger partial charge in [0.25, 0.3) is 0 Å². The van der Waals surface area contributed by atoms with Crippen molar-refractivity contribution < 1.29 is 9.47 Å². The highest BCUT2D eigenvalue weighted by Gasteiger charge is 2.20. The van der Waals surface area contributed by atoms with Crippen LogP contribution in [-0.4, -0.2) is 29.0 Å². The van der Waals surface area contributed by atoms with Gasteiger partial charge in [0, 0.05) is 12.8 Å². The summed E-state index contributed by atoms with van der Waals surface area (Å²) in [5.41, 5.74) is 0. The summed E-state index contributed by atoms with van der Waals surface area (Å²) in [4.78, 5) is 0. The van der Waals surface area contributed by atoms with E-state index in [1.54, 1.807) is 12.4 Å². The number of aromatic amines is 1. The third-order valence-electron chi connectivity index (χ3n) is 2.21. The van der Waals surface area contributed by atoms with Crippen molar-refractivity contribution in [3.05, 3.63) is 12.4 Å². The Bertz CT molecular complexity index is 248. The molecule has 1 aromatic heterocycles. The van der Waals surface area contributed by atoms with Crippen molar-refractivity contribution in [2.24, 2.45) is 0 Å². The molecule has 0 saturated carbocycles. The van der Waals surface area contributed by atoms with E-state index in [9.17, 15) is 0 Å². The fourth-order valence-electron chi connectivity index (χ4n) is 1.56. The van der Waals surface area contributed by atoms with Crippen LogP contribution in [0.4, 0.5) is 0 Å². The third-order valence-corrected chi connectivity index (χ3v) is 2.21. The molecule has 0 bridgehead atoms. The normalized spacial score (nSPS) is 28.7. The number of nitrogens with zero attached hydrogens (tertiary/aromatic N) is 1. The van der Waals surface area contributed by atoms with Gasteiger partial charge in [0.15, 0.2) is 5.75 Å². The lowest BCUT2D eigenvalue weighted by Gasteiger charge is -2.27. The highest BCUT2D eigenvalue weighted by molar-refractivity contribution is 5.10. The molecule has 4 heteroatoms. The van der Waals surface area contributed by atoms with Crippen LogP contribution in [0.25, 0.3) is 0 Å². The summed E-state index contributed by atoms with van der Waals surface area (Å²) in [5, 5.41) is 6.55. The molecule has 2 rings (SSSR count). The Hall–Kier alpha value is -1.03. The molecule has 0 aliphatic carbocycles. The predicted octanol–water partition coefficient (Wildman–Crippen LogP) is 1.36. The second-order valence-electron chi connectivity index (χ2n) is 3.38. The van der Waals surface area contributed by atoms with Crippen LogP contribution in [0.2, 0.25) is 0 Å². The number of H-pyrrole nitrogens is 1. The number of hydrogen-bond donors (Lipinski definition) is 1. The van der Waals surface area contributed by atoms with Crippen LogP contribution in [0.5, 0.6) is 5.75 Å². The van der Waals surface area contributed by atoms with E-state index in [1.165, 1.54) is 0 Å². The zero-order valence-corrected chi connectivity index (χ0v) is 7.69. The molecule has 2 unspecified atom stereocenters. The van der Waals surface area contributed by atoms with Crippen molar-refractivity contribution in [3.63, 3.8) is 0 Å². The van der Waals surface area contributed by atoms with Gasteiger partial charge in [-0.1, -0.05) is 0 Å². The lowest BCUT2D eigenvalue weighted by molar-refractivity contribution is -0.0251. The molecule has 1 aliphatic rings. The Balaban J connectivity index is 1.87. The first-order chi connectivity index (χ1) is 6.34. The Morgan fingerprint density at radius 2 is 2.62 bits per heavy atom. The second kappa shape index (κ2) is 3.79. The van der Waals surface area contributed by atoms with E-state index in [2.05, 4.69) is 17.1 Å². The average molecular weight is 182 g/mol. The van der Waals surface area contributed by atoms with Crippen LogP contribution in [0.1, 0.15) is 19.8 Å². The Labute approximate surface area is 77.2 Å². The fraction of sp³-hybridized carbons (Fsp3) is 0.667. The first kappa shape index (κ1) is 8.56. The van der Waals surface area contributed by atoms with Gasteiger partial charge in [0.2, 0.25) is 0 Å². The van der Waals surface area contributed by atoms with E-state index >= 15 is 0 Å². The molecule has 2 atom stereocenters. The second-order valence-corrected chi connectivity index (χ2v) is 3.38. The monoisotopic (exact) mass is 182 g/mol. The van der Waals surface area contributed by atoms with Crippen molar-refractivity contribution in [3.8, 4) is 5.75 Å². The van der Waals surface area contributed by atoms with Crippen molar-refractivity contribution in [1.82, 2.24) is 10.2 Å². The topological polar surface area (TPSA) is 47.1 Å². The van der Waals surface area contributed by atoms with Crippen LogP contribution >= 0.6 is 0 Å². The molecule has 2 heterocycles. The molecule has 72 valence electrons. The number of hydrogen-bond acceptors (Lipinski definition) is 3. The summed E-state index contributed by atoms with van der Waals surface area (Å²) in [6.45, 7) is 2.87. The van der Waals surface area contributed by atoms with Crippen molar-refractivity contribution in [2.45, 2.75) is 32.0 Å². The van der Waals surface area contributed by atoms with Gasteiger partial charge in [-0.25, -0.2) is 0 Å². The van der Waals surface area contributed by atoms with E-state index in [4.69, 9.17) is 9.47 Å². The first-order valence-electron chi connectivity index (χ1n) is 4.61. The van der Waals surface area contributed by atoms with E-state index in [0.717, 1.165) is 25.2 Å². The van der Waals surface area contributed by atoms with Crippen LogP contribution in [0.3, 0.4) is 0 Å². The molecule has 13 heavy (non-hydrogen) atoms. The fourth-order valence-corrected chi connectivity index (χ4v) is 1.56. The summed E-state index contributed by atoms with van der Waals surface area (Å²) in [7, 11) is 0. The van der Waals surface area contributed by atoms with Crippen LogP contribution in [0, 0.1) is 0 Å². The standard InChI is InChI=1S/C9H14N2O2/c1-7-4-8(2-3-12-7)13-9-5-10-11-6-9/h5-8H,2-4H2,1H3,(H,10,11). The molecule has 0 amide bonds. The maximum atomic E-state index is 5.69. The third kappa shape index (κ3) is 2.21. The lowest BCUT2D eigenvalue weighted by atomic mass is 10.1. The molecule has 1 aliphatic heterocycles. The highest BCUT2D eigenvalue weighted by Crippen LogP contribution is 2.19. The van der Waals surface area contributed by atoms with Crippen molar-refractivity contribution in [2.75, 3.05) is 6.61 Å². The summed E-state index contributed by atoms with van der Waals surface area (Å²) >= 11 is 0. The van der Waals surface area contributed by atoms with Crippen LogP contribution in [-0.2, 0) is 4.74 Å². The first-order valence-corrected chi connectivity index (χ1v) is 4.61. The minimum atomic E-state index is 0.279. The molecule has 1 N–H and O–H groups in total. The Morgan fingerprint density at radius 3 is 3.31 bits per heavy atom. The van der Waals surface area contributed by atoms with E-state index < -0.39 is 0 Å². The van der Waals surface area contributed by atoms with Gasteiger partial charge in [-0.05, 0) is 6.92 Å². The molecule has 0 radical (unpaired) electrons. The van der Waals surface area contributed by atoms with Gasteiger partial charge >= 0.3 is 0 Å². The Kier molecular flexibility index (Phi) is 2.49. The molecular formula is C9H14N2O2. The van der Waals surface area contributed by atoms with Gasteiger partial charge < -0.3 is 9.47 Å². The number of rotatable bonds is 2. The van der Waals surface area contributed by atoms with E-state index in [-0.39, 0.29) is 6.10 Å². The maximum Gasteiger partial charge on any atom is 0.157 e. The van der Waals surface area contributed by atoms with Gasteiger partial charge in [0.1, 0.15) is 6.10 Å². The quantitative estimate of drug-likeness (QED) is 0.751. The zero-order valence-electron chi connectivity index (χ0n) is 7.69. The van der Waals surface area contributed by atoms with Gasteiger partial charge in [-0.15, -0.1) is 0 Å². The lowest BCUT2D eigenvalue weighted by Crippen LogP contribution is -2.30. The molecule has 4 nitrogen and oxygen atoms in total.